The number of H-pyrrole nitrogens is 1. The Labute approximate surface area is 153 Å². The number of rotatable bonds is 4. The predicted octanol–water partition coefficient (Wildman–Crippen LogP) is 4.11. The molecule has 0 bridgehead atoms. The molecule has 0 unspecified atom stereocenters. The molecule has 25 heavy (non-hydrogen) atoms. The molecule has 6 heteroatoms. The fraction of sp³-hybridized carbons (Fsp3) is 0.158. The Bertz CT molecular complexity index is 1010. The SMILES string of the molecule is CCc1cc(=O)[nH]c2cc(NC(=O)c3cc(OC)ccc3Br)ccc12. The number of aromatic nitrogens is 1. The number of hydrogen-bond acceptors (Lipinski definition) is 3. The molecule has 0 radical (unpaired) electrons. The van der Waals surface area contributed by atoms with Gasteiger partial charge >= 0.3 is 0 Å². The first-order chi connectivity index (χ1) is 12.0. The summed E-state index contributed by atoms with van der Waals surface area (Å²) in [5, 5.41) is 3.83. The van der Waals surface area contributed by atoms with Gasteiger partial charge in [0.05, 0.1) is 18.2 Å². The summed E-state index contributed by atoms with van der Waals surface area (Å²) in [5.41, 5.74) is 2.61. The van der Waals surface area contributed by atoms with Crippen LogP contribution in [0.15, 0.2) is 51.7 Å². The first-order valence-electron chi connectivity index (χ1n) is 7.82. The number of fused-ring (bicyclic) bond motifs is 1. The minimum absolute atomic E-state index is 0.150. The van der Waals surface area contributed by atoms with Crippen LogP contribution in [0.5, 0.6) is 5.75 Å². The number of pyridine rings is 1. The lowest BCUT2D eigenvalue weighted by molar-refractivity contribution is 0.102. The predicted molar refractivity (Wildman–Crippen MR) is 103 cm³/mol. The first kappa shape index (κ1) is 17.2. The van der Waals surface area contributed by atoms with Crippen molar-refractivity contribution >= 4 is 38.4 Å². The molecular formula is C19H17BrN2O3. The zero-order valence-electron chi connectivity index (χ0n) is 13.9. The van der Waals surface area contributed by atoms with E-state index >= 15 is 0 Å². The van der Waals surface area contributed by atoms with Gasteiger partial charge in [-0.05, 0) is 58.2 Å². The summed E-state index contributed by atoms with van der Waals surface area (Å²) in [7, 11) is 1.55. The number of aromatic amines is 1. The fourth-order valence-corrected chi connectivity index (χ4v) is 3.13. The highest BCUT2D eigenvalue weighted by atomic mass is 79.9. The van der Waals surface area contributed by atoms with E-state index in [9.17, 15) is 9.59 Å². The molecule has 0 aliphatic carbocycles. The maximum atomic E-state index is 12.6. The van der Waals surface area contributed by atoms with Crippen LogP contribution in [0, 0.1) is 0 Å². The average molecular weight is 401 g/mol. The van der Waals surface area contributed by atoms with E-state index in [0.717, 1.165) is 17.4 Å². The van der Waals surface area contributed by atoms with Gasteiger partial charge in [0.15, 0.2) is 0 Å². The highest BCUT2D eigenvalue weighted by molar-refractivity contribution is 9.10. The number of amides is 1. The number of carbonyl (C=O) groups is 1. The van der Waals surface area contributed by atoms with E-state index in [4.69, 9.17) is 4.74 Å². The minimum Gasteiger partial charge on any atom is -0.497 e. The van der Waals surface area contributed by atoms with E-state index in [1.807, 2.05) is 19.1 Å². The summed E-state index contributed by atoms with van der Waals surface area (Å²) < 4.78 is 5.84. The van der Waals surface area contributed by atoms with Crippen molar-refractivity contribution in [3.8, 4) is 5.75 Å². The number of hydrogen-bond donors (Lipinski definition) is 2. The van der Waals surface area contributed by atoms with E-state index in [1.165, 1.54) is 0 Å². The van der Waals surface area contributed by atoms with Crippen LogP contribution >= 0.6 is 15.9 Å². The minimum atomic E-state index is -0.265. The third kappa shape index (κ3) is 3.58. The molecule has 1 aromatic heterocycles. The Hall–Kier alpha value is -2.60. The Kier molecular flexibility index (Phi) is 4.90. The maximum Gasteiger partial charge on any atom is 0.256 e. The second-order valence-corrected chi connectivity index (χ2v) is 6.43. The molecule has 0 fully saturated rings. The molecule has 0 atom stereocenters. The number of aryl methyl sites for hydroxylation is 1. The quantitative estimate of drug-likeness (QED) is 0.691. The second-order valence-electron chi connectivity index (χ2n) is 5.57. The average Bonchev–Trinajstić information content (AvgIpc) is 2.60. The van der Waals surface area contributed by atoms with Crippen LogP contribution in [0.3, 0.4) is 0 Å². The summed E-state index contributed by atoms with van der Waals surface area (Å²) in [6, 6.07) is 12.3. The lowest BCUT2D eigenvalue weighted by Gasteiger charge is -2.10. The number of methoxy groups -OCH3 is 1. The van der Waals surface area contributed by atoms with Crippen LogP contribution in [-0.2, 0) is 6.42 Å². The van der Waals surface area contributed by atoms with Crippen molar-refractivity contribution < 1.29 is 9.53 Å². The molecule has 0 saturated heterocycles. The molecule has 128 valence electrons. The molecule has 1 amide bonds. The number of halogens is 1. The fourth-order valence-electron chi connectivity index (χ4n) is 2.71. The van der Waals surface area contributed by atoms with Crippen molar-refractivity contribution in [3.63, 3.8) is 0 Å². The van der Waals surface area contributed by atoms with E-state index < -0.39 is 0 Å². The highest BCUT2D eigenvalue weighted by Crippen LogP contribution is 2.25. The van der Waals surface area contributed by atoms with Crippen molar-refractivity contribution in [2.45, 2.75) is 13.3 Å². The summed E-state index contributed by atoms with van der Waals surface area (Å²) in [6.45, 7) is 2.00. The molecule has 3 aromatic rings. The van der Waals surface area contributed by atoms with Gasteiger partial charge in [0.2, 0.25) is 5.56 Å². The molecule has 2 aromatic carbocycles. The van der Waals surface area contributed by atoms with E-state index in [-0.39, 0.29) is 11.5 Å². The van der Waals surface area contributed by atoms with Gasteiger partial charge in [-0.2, -0.15) is 0 Å². The molecule has 2 N–H and O–H groups in total. The largest absolute Gasteiger partial charge is 0.497 e. The Balaban J connectivity index is 1.95. The van der Waals surface area contributed by atoms with E-state index in [2.05, 4.69) is 26.2 Å². The number of carbonyl (C=O) groups excluding carboxylic acids is 1. The Morgan fingerprint density at radius 1 is 1.20 bits per heavy atom. The molecule has 0 saturated carbocycles. The normalized spacial score (nSPS) is 10.7. The van der Waals surface area contributed by atoms with Crippen LogP contribution in [0.4, 0.5) is 5.69 Å². The molecule has 1 heterocycles. The molecule has 0 aliphatic rings. The zero-order valence-corrected chi connectivity index (χ0v) is 15.4. The monoisotopic (exact) mass is 400 g/mol. The summed E-state index contributed by atoms with van der Waals surface area (Å²) in [6.07, 6.45) is 0.767. The smallest absolute Gasteiger partial charge is 0.256 e. The van der Waals surface area contributed by atoms with Gasteiger partial charge in [-0.3, -0.25) is 9.59 Å². The van der Waals surface area contributed by atoms with Gasteiger partial charge < -0.3 is 15.0 Å². The van der Waals surface area contributed by atoms with Crippen LogP contribution < -0.4 is 15.6 Å². The third-order valence-electron chi connectivity index (χ3n) is 3.99. The number of nitrogens with one attached hydrogen (secondary N) is 2. The van der Waals surface area contributed by atoms with Gasteiger partial charge in [-0.1, -0.05) is 13.0 Å². The van der Waals surface area contributed by atoms with Crippen molar-refractivity contribution in [1.82, 2.24) is 4.98 Å². The van der Waals surface area contributed by atoms with Crippen molar-refractivity contribution in [2.24, 2.45) is 0 Å². The van der Waals surface area contributed by atoms with Gasteiger partial charge in [-0.15, -0.1) is 0 Å². The molecular weight excluding hydrogens is 384 g/mol. The van der Waals surface area contributed by atoms with Gasteiger partial charge in [0.1, 0.15) is 5.75 Å². The molecule has 0 spiro atoms. The summed E-state index contributed by atoms with van der Waals surface area (Å²) in [5.74, 6) is 0.336. The summed E-state index contributed by atoms with van der Waals surface area (Å²) in [4.78, 5) is 27.1. The van der Waals surface area contributed by atoms with Gasteiger partial charge in [0, 0.05) is 21.6 Å². The van der Waals surface area contributed by atoms with Gasteiger partial charge in [0.25, 0.3) is 5.91 Å². The topological polar surface area (TPSA) is 71.2 Å². The Morgan fingerprint density at radius 3 is 2.72 bits per heavy atom. The highest BCUT2D eigenvalue weighted by Gasteiger charge is 2.12. The molecule has 3 rings (SSSR count). The number of anilines is 1. The van der Waals surface area contributed by atoms with Crippen molar-refractivity contribution in [3.05, 3.63) is 68.4 Å². The standard InChI is InChI=1S/C19H17BrN2O3/c1-3-11-8-18(23)22-17-9-12(4-6-14(11)17)21-19(24)15-10-13(25-2)5-7-16(15)20/h4-10H,3H2,1-2H3,(H,21,24)(H,22,23). The van der Waals surface area contributed by atoms with Crippen LogP contribution in [0.25, 0.3) is 10.9 Å². The maximum absolute atomic E-state index is 12.6. The molecule has 5 nitrogen and oxygen atoms in total. The number of ether oxygens (including phenoxy) is 1. The molecule has 0 aliphatic heterocycles. The lowest BCUT2D eigenvalue weighted by atomic mass is 10.1. The Morgan fingerprint density at radius 2 is 2.00 bits per heavy atom. The van der Waals surface area contributed by atoms with Crippen LogP contribution in [0.2, 0.25) is 0 Å². The second kappa shape index (κ2) is 7.11. The summed E-state index contributed by atoms with van der Waals surface area (Å²) >= 11 is 3.38. The van der Waals surface area contributed by atoms with E-state index in [1.54, 1.807) is 37.4 Å². The zero-order chi connectivity index (χ0) is 18.0. The van der Waals surface area contributed by atoms with Gasteiger partial charge in [-0.25, -0.2) is 0 Å². The first-order valence-corrected chi connectivity index (χ1v) is 8.62. The lowest BCUT2D eigenvalue weighted by Crippen LogP contribution is -2.13. The van der Waals surface area contributed by atoms with Crippen molar-refractivity contribution in [1.29, 1.82) is 0 Å². The van der Waals surface area contributed by atoms with Crippen molar-refractivity contribution in [2.75, 3.05) is 12.4 Å². The number of benzene rings is 2. The van der Waals surface area contributed by atoms with E-state index in [0.29, 0.717) is 27.0 Å². The third-order valence-corrected chi connectivity index (χ3v) is 4.68. The van der Waals surface area contributed by atoms with Crippen LogP contribution in [-0.4, -0.2) is 18.0 Å². The van der Waals surface area contributed by atoms with Crippen LogP contribution in [0.1, 0.15) is 22.8 Å².